The van der Waals surface area contributed by atoms with Crippen LogP contribution in [0.3, 0.4) is 0 Å². The van der Waals surface area contributed by atoms with E-state index in [0.717, 1.165) is 0 Å². The third-order valence-electron chi connectivity index (χ3n) is 4.38. The quantitative estimate of drug-likeness (QED) is 0.801. The van der Waals surface area contributed by atoms with Gasteiger partial charge in [0.25, 0.3) is 5.91 Å². The van der Waals surface area contributed by atoms with Crippen LogP contribution in [0.1, 0.15) is 10.4 Å². The lowest BCUT2D eigenvalue weighted by Crippen LogP contribution is -2.54. The van der Waals surface area contributed by atoms with Gasteiger partial charge in [0.2, 0.25) is 0 Å². The van der Waals surface area contributed by atoms with Gasteiger partial charge in [-0.2, -0.15) is 0 Å². The molecule has 1 aromatic rings. The number of carbonyl (C=O) groups is 1. The molecule has 2 aliphatic rings. The molecule has 2 atom stereocenters. The Balaban J connectivity index is 1.60. The van der Waals surface area contributed by atoms with Crippen molar-refractivity contribution in [3.05, 3.63) is 35.9 Å². The number of sulfone groups is 1. The summed E-state index contributed by atoms with van der Waals surface area (Å²) in [6.07, 6.45) is -0.818. The molecule has 0 aliphatic carbocycles. The molecule has 2 aliphatic heterocycles. The molecule has 22 heavy (non-hydrogen) atoms. The van der Waals surface area contributed by atoms with E-state index in [2.05, 4.69) is 0 Å². The number of rotatable bonds is 2. The molecular formula is C15H20N2O4S. The average Bonchev–Trinajstić information content (AvgIpc) is 2.80. The lowest BCUT2D eigenvalue weighted by atomic mass is 10.1. The van der Waals surface area contributed by atoms with Crippen LogP contribution < -0.4 is 0 Å². The van der Waals surface area contributed by atoms with Crippen molar-refractivity contribution < 1.29 is 18.3 Å². The van der Waals surface area contributed by atoms with E-state index in [1.165, 1.54) is 0 Å². The molecule has 0 saturated carbocycles. The molecule has 0 bridgehead atoms. The second-order valence-corrected chi connectivity index (χ2v) is 8.06. The van der Waals surface area contributed by atoms with E-state index in [1.54, 1.807) is 17.0 Å². The van der Waals surface area contributed by atoms with Gasteiger partial charge < -0.3 is 10.0 Å². The molecule has 1 aromatic carbocycles. The first-order valence-corrected chi connectivity index (χ1v) is 9.25. The Morgan fingerprint density at radius 2 is 1.68 bits per heavy atom. The summed E-state index contributed by atoms with van der Waals surface area (Å²) in [6, 6.07) is 8.80. The van der Waals surface area contributed by atoms with Crippen LogP contribution in [-0.4, -0.2) is 79.1 Å². The first-order chi connectivity index (χ1) is 10.5. The molecule has 1 N–H and O–H groups in total. The third kappa shape index (κ3) is 3.16. The van der Waals surface area contributed by atoms with E-state index in [-0.39, 0.29) is 23.5 Å². The van der Waals surface area contributed by atoms with Gasteiger partial charge in [-0.15, -0.1) is 0 Å². The lowest BCUT2D eigenvalue weighted by Gasteiger charge is -2.38. The van der Waals surface area contributed by atoms with Gasteiger partial charge in [-0.3, -0.25) is 9.69 Å². The van der Waals surface area contributed by atoms with Crippen molar-refractivity contribution in [1.82, 2.24) is 9.80 Å². The summed E-state index contributed by atoms with van der Waals surface area (Å²) in [5, 5.41) is 9.93. The fourth-order valence-electron chi connectivity index (χ4n) is 3.18. The fraction of sp³-hybridized carbons (Fsp3) is 0.533. The minimum absolute atomic E-state index is 0.000146. The van der Waals surface area contributed by atoms with Gasteiger partial charge in [0, 0.05) is 31.7 Å². The molecule has 2 fully saturated rings. The molecule has 2 saturated heterocycles. The number of hydrogen-bond donors (Lipinski definition) is 1. The predicted molar refractivity (Wildman–Crippen MR) is 82.4 cm³/mol. The molecule has 7 heteroatoms. The van der Waals surface area contributed by atoms with Crippen LogP contribution in [0.2, 0.25) is 0 Å². The fourth-order valence-corrected chi connectivity index (χ4v) is 5.01. The number of aliphatic hydroxyl groups excluding tert-OH is 1. The maximum absolute atomic E-state index is 12.4. The van der Waals surface area contributed by atoms with Crippen molar-refractivity contribution in [3.8, 4) is 0 Å². The van der Waals surface area contributed by atoms with Crippen LogP contribution >= 0.6 is 0 Å². The summed E-state index contributed by atoms with van der Waals surface area (Å²) in [6.45, 7) is 2.29. The van der Waals surface area contributed by atoms with E-state index in [9.17, 15) is 18.3 Å². The molecule has 0 radical (unpaired) electrons. The number of benzene rings is 1. The maximum atomic E-state index is 12.4. The number of nitrogens with zero attached hydrogens (tertiary/aromatic N) is 2. The van der Waals surface area contributed by atoms with Gasteiger partial charge in [-0.1, -0.05) is 18.2 Å². The number of amides is 1. The second kappa shape index (κ2) is 5.98. The van der Waals surface area contributed by atoms with Gasteiger partial charge in [0.15, 0.2) is 9.84 Å². The Bertz CT molecular complexity index is 639. The molecule has 120 valence electrons. The Hall–Kier alpha value is -1.44. The van der Waals surface area contributed by atoms with Crippen molar-refractivity contribution >= 4 is 15.7 Å². The molecular weight excluding hydrogens is 304 g/mol. The molecule has 2 heterocycles. The average molecular weight is 324 g/mol. The largest absolute Gasteiger partial charge is 0.390 e. The highest BCUT2D eigenvalue weighted by Gasteiger charge is 2.41. The maximum Gasteiger partial charge on any atom is 0.253 e. The molecule has 0 spiro atoms. The van der Waals surface area contributed by atoms with Crippen LogP contribution in [0.25, 0.3) is 0 Å². The molecule has 0 unspecified atom stereocenters. The van der Waals surface area contributed by atoms with Crippen LogP contribution in [-0.2, 0) is 9.84 Å². The Kier molecular flexibility index (Phi) is 4.20. The van der Waals surface area contributed by atoms with Crippen molar-refractivity contribution in [2.75, 3.05) is 37.7 Å². The monoisotopic (exact) mass is 324 g/mol. The highest BCUT2D eigenvalue weighted by atomic mass is 32.2. The Labute approximate surface area is 130 Å². The van der Waals surface area contributed by atoms with E-state index in [0.29, 0.717) is 31.7 Å². The van der Waals surface area contributed by atoms with Crippen molar-refractivity contribution in [1.29, 1.82) is 0 Å². The molecule has 3 rings (SSSR count). The SMILES string of the molecule is O=C(c1ccccc1)N1CCN([C@H]2CS(=O)(=O)C[C@H]2O)CC1. The zero-order valence-electron chi connectivity index (χ0n) is 12.3. The van der Waals surface area contributed by atoms with Gasteiger partial charge in [0.05, 0.1) is 23.7 Å². The predicted octanol–water partition coefficient (Wildman–Crippen LogP) is -0.398. The zero-order chi connectivity index (χ0) is 15.7. The smallest absolute Gasteiger partial charge is 0.253 e. The van der Waals surface area contributed by atoms with Gasteiger partial charge in [-0.25, -0.2) is 8.42 Å². The Morgan fingerprint density at radius 3 is 2.23 bits per heavy atom. The van der Waals surface area contributed by atoms with E-state index in [1.807, 2.05) is 23.1 Å². The van der Waals surface area contributed by atoms with E-state index < -0.39 is 15.9 Å². The number of carbonyl (C=O) groups excluding carboxylic acids is 1. The minimum Gasteiger partial charge on any atom is -0.390 e. The highest BCUT2D eigenvalue weighted by molar-refractivity contribution is 7.91. The van der Waals surface area contributed by atoms with E-state index >= 15 is 0 Å². The highest BCUT2D eigenvalue weighted by Crippen LogP contribution is 2.20. The Morgan fingerprint density at radius 1 is 1.05 bits per heavy atom. The van der Waals surface area contributed by atoms with Crippen LogP contribution in [0.5, 0.6) is 0 Å². The van der Waals surface area contributed by atoms with E-state index in [4.69, 9.17) is 0 Å². The van der Waals surface area contributed by atoms with Crippen LogP contribution in [0.4, 0.5) is 0 Å². The summed E-state index contributed by atoms with van der Waals surface area (Å²) < 4.78 is 23.2. The van der Waals surface area contributed by atoms with Gasteiger partial charge in [-0.05, 0) is 12.1 Å². The molecule has 6 nitrogen and oxygen atoms in total. The minimum atomic E-state index is -3.14. The summed E-state index contributed by atoms with van der Waals surface area (Å²) >= 11 is 0. The van der Waals surface area contributed by atoms with Crippen LogP contribution in [0.15, 0.2) is 30.3 Å². The standard InChI is InChI=1S/C15H20N2O4S/c18-14-11-22(20,21)10-13(14)16-6-8-17(9-7-16)15(19)12-4-2-1-3-5-12/h1-5,13-14,18H,6-11H2/t13-,14+/m0/s1. The summed E-state index contributed by atoms with van der Waals surface area (Å²) in [5.74, 6) is -0.137. The first kappa shape index (κ1) is 15.5. The van der Waals surface area contributed by atoms with Crippen LogP contribution in [0, 0.1) is 0 Å². The lowest BCUT2D eigenvalue weighted by molar-refractivity contribution is 0.0376. The van der Waals surface area contributed by atoms with Crippen molar-refractivity contribution in [2.24, 2.45) is 0 Å². The summed E-state index contributed by atoms with van der Waals surface area (Å²) in [4.78, 5) is 16.1. The number of hydrogen-bond acceptors (Lipinski definition) is 5. The zero-order valence-corrected chi connectivity index (χ0v) is 13.1. The van der Waals surface area contributed by atoms with Crippen molar-refractivity contribution in [2.45, 2.75) is 12.1 Å². The molecule has 0 aromatic heterocycles. The number of aliphatic hydroxyl groups is 1. The first-order valence-electron chi connectivity index (χ1n) is 7.43. The summed E-state index contributed by atoms with van der Waals surface area (Å²) in [7, 11) is -3.14. The van der Waals surface area contributed by atoms with Gasteiger partial charge >= 0.3 is 0 Å². The van der Waals surface area contributed by atoms with Crippen molar-refractivity contribution in [3.63, 3.8) is 0 Å². The number of piperazine rings is 1. The summed E-state index contributed by atoms with van der Waals surface area (Å²) in [5.41, 5.74) is 0.666. The van der Waals surface area contributed by atoms with Gasteiger partial charge in [0.1, 0.15) is 0 Å². The topological polar surface area (TPSA) is 77.9 Å². The molecule has 1 amide bonds. The second-order valence-electron chi connectivity index (χ2n) is 5.91. The normalized spacial score (nSPS) is 28.7. The third-order valence-corrected chi connectivity index (χ3v) is 6.08.